The van der Waals surface area contributed by atoms with Crippen molar-refractivity contribution < 1.29 is 9.47 Å². The smallest absolute Gasteiger partial charge is 0.161 e. The summed E-state index contributed by atoms with van der Waals surface area (Å²) in [5, 5.41) is 3.46. The summed E-state index contributed by atoms with van der Waals surface area (Å²) in [5.41, 5.74) is 2.48. The van der Waals surface area contributed by atoms with Crippen molar-refractivity contribution in [2.45, 2.75) is 45.7 Å². The topological polar surface area (TPSA) is 30.5 Å². The van der Waals surface area contributed by atoms with E-state index < -0.39 is 0 Å². The van der Waals surface area contributed by atoms with E-state index in [4.69, 9.17) is 9.47 Å². The molecule has 0 bridgehead atoms. The predicted octanol–water partition coefficient (Wildman–Crippen LogP) is 4.94. The molecule has 2 aromatic carbocycles. The van der Waals surface area contributed by atoms with Crippen molar-refractivity contribution >= 4 is 0 Å². The summed E-state index contributed by atoms with van der Waals surface area (Å²) >= 11 is 0. The molecule has 0 unspecified atom stereocenters. The van der Waals surface area contributed by atoms with Crippen LogP contribution in [0.25, 0.3) is 0 Å². The monoisotopic (exact) mass is 327 g/mol. The summed E-state index contributed by atoms with van der Waals surface area (Å²) < 4.78 is 11.3. The fourth-order valence-electron chi connectivity index (χ4n) is 2.60. The summed E-state index contributed by atoms with van der Waals surface area (Å²) in [6, 6.07) is 16.6. The van der Waals surface area contributed by atoms with E-state index in [1.807, 2.05) is 12.1 Å². The van der Waals surface area contributed by atoms with Crippen LogP contribution in [-0.4, -0.2) is 13.7 Å². The lowest BCUT2D eigenvalue weighted by molar-refractivity contribution is 0.285. The van der Waals surface area contributed by atoms with Crippen molar-refractivity contribution in [1.82, 2.24) is 5.32 Å². The van der Waals surface area contributed by atoms with Crippen LogP contribution in [0.15, 0.2) is 48.5 Å². The first-order valence-corrected chi connectivity index (χ1v) is 8.88. The molecule has 0 fully saturated rings. The zero-order valence-electron chi connectivity index (χ0n) is 14.9. The van der Waals surface area contributed by atoms with Crippen molar-refractivity contribution in [3.63, 3.8) is 0 Å². The average Bonchev–Trinajstić information content (AvgIpc) is 2.63. The Morgan fingerprint density at radius 3 is 2.38 bits per heavy atom. The van der Waals surface area contributed by atoms with E-state index in [0.29, 0.717) is 0 Å². The Balaban J connectivity index is 1.81. The molecule has 0 saturated carbocycles. The fraction of sp³-hybridized carbons (Fsp3) is 0.429. The number of ether oxygens (including phenoxy) is 2. The van der Waals surface area contributed by atoms with Gasteiger partial charge < -0.3 is 14.8 Å². The Kier molecular flexibility index (Phi) is 8.19. The number of methoxy groups -OCH3 is 1. The van der Waals surface area contributed by atoms with Crippen molar-refractivity contribution in [2.24, 2.45) is 0 Å². The van der Waals surface area contributed by atoms with Crippen LogP contribution in [0.4, 0.5) is 0 Å². The maximum absolute atomic E-state index is 5.86. The standard InChI is InChI=1S/C21H29NO2/c1-3-4-5-9-14-24-20-13-12-19(15-21(20)23-2)17-22-16-18-10-7-6-8-11-18/h6-8,10-13,15,22H,3-5,9,14,16-17H2,1-2H3. The molecule has 0 radical (unpaired) electrons. The second-order valence-electron chi connectivity index (χ2n) is 5.98. The molecular weight excluding hydrogens is 298 g/mol. The molecule has 1 N–H and O–H groups in total. The molecular formula is C21H29NO2. The van der Waals surface area contributed by atoms with Gasteiger partial charge in [0.05, 0.1) is 13.7 Å². The van der Waals surface area contributed by atoms with E-state index in [1.165, 1.54) is 30.4 Å². The molecule has 0 amide bonds. The molecule has 3 nitrogen and oxygen atoms in total. The van der Waals surface area contributed by atoms with E-state index in [0.717, 1.165) is 37.6 Å². The molecule has 0 saturated heterocycles. The highest BCUT2D eigenvalue weighted by atomic mass is 16.5. The van der Waals surface area contributed by atoms with Gasteiger partial charge in [0, 0.05) is 13.1 Å². The number of unbranched alkanes of at least 4 members (excludes halogenated alkanes) is 3. The molecule has 2 aromatic rings. The molecule has 0 aliphatic heterocycles. The van der Waals surface area contributed by atoms with Gasteiger partial charge in [0.1, 0.15) is 0 Å². The normalized spacial score (nSPS) is 10.6. The van der Waals surface area contributed by atoms with Crippen LogP contribution in [0.3, 0.4) is 0 Å². The Morgan fingerprint density at radius 1 is 0.833 bits per heavy atom. The largest absolute Gasteiger partial charge is 0.493 e. The molecule has 24 heavy (non-hydrogen) atoms. The molecule has 0 spiro atoms. The lowest BCUT2D eigenvalue weighted by atomic mass is 10.2. The van der Waals surface area contributed by atoms with Gasteiger partial charge in [-0.15, -0.1) is 0 Å². The van der Waals surface area contributed by atoms with Gasteiger partial charge in [-0.25, -0.2) is 0 Å². The SMILES string of the molecule is CCCCCCOc1ccc(CNCc2ccccc2)cc1OC. The van der Waals surface area contributed by atoms with Crippen molar-refractivity contribution in [2.75, 3.05) is 13.7 Å². The number of rotatable bonds is 11. The van der Waals surface area contributed by atoms with Gasteiger partial charge >= 0.3 is 0 Å². The van der Waals surface area contributed by atoms with Crippen molar-refractivity contribution in [3.8, 4) is 11.5 Å². The maximum atomic E-state index is 5.86. The zero-order valence-corrected chi connectivity index (χ0v) is 14.9. The van der Waals surface area contributed by atoms with Crippen LogP contribution in [-0.2, 0) is 13.1 Å². The molecule has 0 atom stereocenters. The number of hydrogen-bond donors (Lipinski definition) is 1. The van der Waals surface area contributed by atoms with Gasteiger partial charge in [-0.05, 0) is 29.7 Å². The first-order valence-electron chi connectivity index (χ1n) is 8.88. The molecule has 0 aromatic heterocycles. The quantitative estimate of drug-likeness (QED) is 0.593. The molecule has 2 rings (SSSR count). The fourth-order valence-corrected chi connectivity index (χ4v) is 2.60. The first-order chi connectivity index (χ1) is 11.8. The van der Waals surface area contributed by atoms with Gasteiger partial charge in [-0.2, -0.15) is 0 Å². The van der Waals surface area contributed by atoms with E-state index in [1.54, 1.807) is 7.11 Å². The van der Waals surface area contributed by atoms with Gasteiger partial charge in [0.15, 0.2) is 11.5 Å². The van der Waals surface area contributed by atoms with Gasteiger partial charge in [0.2, 0.25) is 0 Å². The molecule has 130 valence electrons. The van der Waals surface area contributed by atoms with Crippen LogP contribution >= 0.6 is 0 Å². The third-order valence-electron chi connectivity index (χ3n) is 3.98. The van der Waals surface area contributed by atoms with Crippen LogP contribution in [0, 0.1) is 0 Å². The Morgan fingerprint density at radius 2 is 1.62 bits per heavy atom. The lowest BCUT2D eigenvalue weighted by Crippen LogP contribution is -2.12. The van der Waals surface area contributed by atoms with Gasteiger partial charge in [-0.1, -0.05) is 62.6 Å². The molecule has 0 heterocycles. The summed E-state index contributed by atoms with van der Waals surface area (Å²) in [6.07, 6.45) is 4.83. The highest BCUT2D eigenvalue weighted by molar-refractivity contribution is 5.43. The van der Waals surface area contributed by atoms with Crippen LogP contribution in [0.1, 0.15) is 43.7 Å². The second-order valence-corrected chi connectivity index (χ2v) is 5.98. The number of benzene rings is 2. The Bertz CT molecular complexity index is 584. The predicted molar refractivity (Wildman–Crippen MR) is 99.6 cm³/mol. The maximum Gasteiger partial charge on any atom is 0.161 e. The summed E-state index contributed by atoms with van der Waals surface area (Å²) in [6.45, 7) is 4.64. The van der Waals surface area contributed by atoms with E-state index >= 15 is 0 Å². The van der Waals surface area contributed by atoms with Crippen molar-refractivity contribution in [1.29, 1.82) is 0 Å². The minimum atomic E-state index is 0.752. The van der Waals surface area contributed by atoms with Gasteiger partial charge in [0.25, 0.3) is 0 Å². The van der Waals surface area contributed by atoms with E-state index in [2.05, 4.69) is 48.6 Å². The Hall–Kier alpha value is -2.00. The highest BCUT2D eigenvalue weighted by Crippen LogP contribution is 2.28. The van der Waals surface area contributed by atoms with Gasteiger partial charge in [-0.3, -0.25) is 0 Å². The molecule has 0 aliphatic rings. The highest BCUT2D eigenvalue weighted by Gasteiger charge is 2.06. The zero-order chi connectivity index (χ0) is 17.0. The average molecular weight is 327 g/mol. The summed E-state index contributed by atoms with van der Waals surface area (Å²) in [7, 11) is 1.69. The summed E-state index contributed by atoms with van der Waals surface area (Å²) in [4.78, 5) is 0. The third-order valence-corrected chi connectivity index (χ3v) is 3.98. The minimum Gasteiger partial charge on any atom is -0.493 e. The number of nitrogens with one attached hydrogen (secondary N) is 1. The van der Waals surface area contributed by atoms with Crippen LogP contribution in [0.2, 0.25) is 0 Å². The minimum absolute atomic E-state index is 0.752. The van der Waals surface area contributed by atoms with E-state index in [9.17, 15) is 0 Å². The lowest BCUT2D eigenvalue weighted by Gasteiger charge is -2.13. The van der Waals surface area contributed by atoms with Crippen molar-refractivity contribution in [3.05, 3.63) is 59.7 Å². The number of hydrogen-bond acceptors (Lipinski definition) is 3. The molecule has 0 aliphatic carbocycles. The molecule has 3 heteroatoms. The second kappa shape index (κ2) is 10.7. The Labute approximate surface area is 146 Å². The van der Waals surface area contributed by atoms with Crippen LogP contribution < -0.4 is 14.8 Å². The van der Waals surface area contributed by atoms with E-state index in [-0.39, 0.29) is 0 Å². The van der Waals surface area contributed by atoms with Crippen LogP contribution in [0.5, 0.6) is 11.5 Å². The third kappa shape index (κ3) is 6.25. The first kappa shape index (κ1) is 18.3. The summed E-state index contributed by atoms with van der Waals surface area (Å²) in [5.74, 6) is 1.64.